The predicted octanol–water partition coefficient (Wildman–Crippen LogP) is 3.14. The summed E-state index contributed by atoms with van der Waals surface area (Å²) in [6.07, 6.45) is 4.48. The van der Waals surface area contributed by atoms with Gasteiger partial charge in [0.25, 0.3) is 11.5 Å². The van der Waals surface area contributed by atoms with E-state index in [-0.39, 0.29) is 11.5 Å². The van der Waals surface area contributed by atoms with E-state index in [4.69, 9.17) is 16.6 Å². The van der Waals surface area contributed by atoms with Crippen LogP contribution in [0, 0.1) is 0 Å². The van der Waals surface area contributed by atoms with Gasteiger partial charge < -0.3 is 4.90 Å². The first kappa shape index (κ1) is 19.3. The van der Waals surface area contributed by atoms with Crippen LogP contribution >= 0.6 is 11.6 Å². The smallest absolute Gasteiger partial charge is 0.276 e. The number of nitrogens with one attached hydrogen (secondary N) is 2. The molecule has 0 saturated carbocycles. The van der Waals surface area contributed by atoms with Crippen LogP contribution < -0.4 is 5.56 Å². The van der Waals surface area contributed by atoms with E-state index >= 15 is 0 Å². The van der Waals surface area contributed by atoms with Crippen molar-refractivity contribution in [1.82, 2.24) is 29.7 Å². The first-order chi connectivity index (χ1) is 15.6. The van der Waals surface area contributed by atoms with Gasteiger partial charge in [0.05, 0.1) is 17.9 Å². The summed E-state index contributed by atoms with van der Waals surface area (Å²) in [6.45, 7) is 0.767. The lowest BCUT2D eigenvalue weighted by Gasteiger charge is -2.27. The topological polar surface area (TPSA) is 99.2 Å². The Hall–Kier alpha value is -3.39. The highest BCUT2D eigenvalue weighted by atomic mass is 35.5. The molecule has 162 valence electrons. The van der Waals surface area contributed by atoms with Gasteiger partial charge in [0.2, 0.25) is 0 Å². The van der Waals surface area contributed by atoms with Crippen LogP contribution in [0.5, 0.6) is 0 Å². The molecule has 9 heteroatoms. The number of fused-ring (bicyclic) bond motifs is 3. The molecule has 8 nitrogen and oxygen atoms in total. The lowest BCUT2D eigenvalue weighted by Crippen LogP contribution is -2.40. The normalized spacial score (nSPS) is 15.6. The number of rotatable bonds is 2. The average Bonchev–Trinajstić information content (AvgIpc) is 3.43. The van der Waals surface area contributed by atoms with Crippen LogP contribution in [0.2, 0.25) is 5.02 Å². The van der Waals surface area contributed by atoms with Crippen LogP contribution in [0.3, 0.4) is 0 Å². The van der Waals surface area contributed by atoms with E-state index in [1.54, 1.807) is 11.0 Å². The maximum atomic E-state index is 13.2. The third kappa shape index (κ3) is 2.97. The molecule has 2 N–H and O–H groups in total. The van der Waals surface area contributed by atoms with Crippen molar-refractivity contribution >= 4 is 23.2 Å². The van der Waals surface area contributed by atoms with Crippen molar-refractivity contribution < 1.29 is 4.79 Å². The van der Waals surface area contributed by atoms with Crippen LogP contribution in [0.4, 0.5) is 0 Å². The summed E-state index contributed by atoms with van der Waals surface area (Å²) >= 11 is 6.33. The highest BCUT2D eigenvalue weighted by Crippen LogP contribution is 2.28. The standard InChI is InChI=1S/C23H21ClN6O2/c24-16-7-3-1-5-13(16)18-11-20-25-19-12-29(10-9-15(19)22(31)30(20)28-18)23(32)21-14-6-2-4-8-17(14)26-27-21/h1,3,5,7,11,28H,2,4,6,8-10,12H2,(H,26,27). The molecule has 0 fully saturated rings. The third-order valence-electron chi connectivity index (χ3n) is 6.48. The van der Waals surface area contributed by atoms with Crippen LogP contribution in [0.15, 0.2) is 35.1 Å². The molecular weight excluding hydrogens is 428 g/mol. The zero-order valence-electron chi connectivity index (χ0n) is 17.3. The summed E-state index contributed by atoms with van der Waals surface area (Å²) in [5.74, 6) is -0.0946. The quantitative estimate of drug-likeness (QED) is 0.492. The lowest BCUT2D eigenvalue weighted by atomic mass is 9.95. The molecule has 1 aliphatic heterocycles. The van der Waals surface area contributed by atoms with Gasteiger partial charge in [-0.15, -0.1) is 0 Å². The lowest BCUT2D eigenvalue weighted by molar-refractivity contribution is 0.0724. The molecule has 32 heavy (non-hydrogen) atoms. The Morgan fingerprint density at radius 2 is 1.94 bits per heavy atom. The number of benzene rings is 1. The average molecular weight is 449 g/mol. The Kier molecular flexibility index (Phi) is 4.43. The van der Waals surface area contributed by atoms with E-state index in [2.05, 4.69) is 15.3 Å². The fourth-order valence-corrected chi connectivity index (χ4v) is 5.03. The monoisotopic (exact) mass is 448 g/mol. The summed E-state index contributed by atoms with van der Waals surface area (Å²) < 4.78 is 1.46. The highest BCUT2D eigenvalue weighted by molar-refractivity contribution is 6.33. The van der Waals surface area contributed by atoms with Crippen molar-refractivity contribution in [3.63, 3.8) is 0 Å². The molecule has 0 bridgehead atoms. The predicted molar refractivity (Wildman–Crippen MR) is 120 cm³/mol. The summed E-state index contributed by atoms with van der Waals surface area (Å²) in [5, 5.41) is 11.1. The molecule has 1 aromatic carbocycles. The highest BCUT2D eigenvalue weighted by Gasteiger charge is 2.30. The Morgan fingerprint density at radius 1 is 1.09 bits per heavy atom. The summed E-state index contributed by atoms with van der Waals surface area (Å²) in [4.78, 5) is 32.8. The molecule has 1 aliphatic carbocycles. The fraction of sp³-hybridized carbons (Fsp3) is 0.304. The minimum Gasteiger partial charge on any atom is -0.331 e. The van der Waals surface area contributed by atoms with Gasteiger partial charge in [0.1, 0.15) is 0 Å². The fourth-order valence-electron chi connectivity index (χ4n) is 4.79. The van der Waals surface area contributed by atoms with Gasteiger partial charge in [-0.3, -0.25) is 19.8 Å². The van der Waals surface area contributed by atoms with E-state index in [9.17, 15) is 9.59 Å². The number of aromatic nitrogens is 5. The van der Waals surface area contributed by atoms with E-state index in [0.29, 0.717) is 47.1 Å². The number of H-pyrrole nitrogens is 2. The van der Waals surface area contributed by atoms with Crippen molar-refractivity contribution in [2.24, 2.45) is 0 Å². The number of carbonyl (C=O) groups excluding carboxylic acids is 1. The first-order valence-electron chi connectivity index (χ1n) is 10.8. The van der Waals surface area contributed by atoms with Gasteiger partial charge in [-0.25, -0.2) is 9.50 Å². The van der Waals surface area contributed by atoms with Crippen LogP contribution in [0.25, 0.3) is 16.9 Å². The van der Waals surface area contributed by atoms with Crippen molar-refractivity contribution in [3.8, 4) is 11.3 Å². The van der Waals surface area contributed by atoms with E-state index in [1.165, 1.54) is 4.52 Å². The van der Waals surface area contributed by atoms with Crippen molar-refractivity contribution in [3.05, 3.63) is 73.9 Å². The van der Waals surface area contributed by atoms with E-state index in [1.807, 2.05) is 24.3 Å². The molecule has 0 atom stereocenters. The Labute approximate surface area is 188 Å². The number of carbonyl (C=O) groups is 1. The van der Waals surface area contributed by atoms with Crippen molar-refractivity contribution in [2.75, 3.05) is 6.54 Å². The number of aromatic amines is 2. The van der Waals surface area contributed by atoms with Crippen molar-refractivity contribution in [1.29, 1.82) is 0 Å². The molecule has 1 amide bonds. The third-order valence-corrected chi connectivity index (χ3v) is 6.81. The second kappa shape index (κ2) is 7.34. The van der Waals surface area contributed by atoms with Gasteiger partial charge >= 0.3 is 0 Å². The number of aryl methyl sites for hydroxylation is 1. The summed E-state index contributed by atoms with van der Waals surface area (Å²) in [5.41, 5.74) is 5.83. The Bertz CT molecular complexity index is 1430. The minimum atomic E-state index is -0.132. The number of amides is 1. The molecule has 3 aromatic heterocycles. The van der Waals surface area contributed by atoms with Gasteiger partial charge in [-0.2, -0.15) is 5.10 Å². The first-order valence-corrected chi connectivity index (χ1v) is 11.2. The van der Waals surface area contributed by atoms with E-state index < -0.39 is 0 Å². The van der Waals surface area contributed by atoms with Crippen LogP contribution in [0.1, 0.15) is 45.8 Å². The number of nitrogens with zero attached hydrogens (tertiary/aromatic N) is 4. The van der Waals surface area contributed by atoms with Gasteiger partial charge in [-0.1, -0.05) is 29.8 Å². The second-order valence-corrected chi connectivity index (χ2v) is 8.81. The largest absolute Gasteiger partial charge is 0.331 e. The molecular formula is C23H21ClN6O2. The molecule has 6 rings (SSSR count). The van der Waals surface area contributed by atoms with Gasteiger partial charge in [-0.05, 0) is 38.2 Å². The minimum absolute atomic E-state index is 0.0946. The molecule has 0 saturated heterocycles. The Morgan fingerprint density at radius 3 is 2.81 bits per heavy atom. The molecule has 2 aliphatic rings. The van der Waals surface area contributed by atoms with Gasteiger partial charge in [0.15, 0.2) is 11.3 Å². The van der Waals surface area contributed by atoms with Gasteiger partial charge in [0, 0.05) is 40.0 Å². The zero-order valence-corrected chi connectivity index (χ0v) is 18.1. The maximum absolute atomic E-state index is 13.2. The van der Waals surface area contributed by atoms with E-state index in [0.717, 1.165) is 48.2 Å². The number of hydrogen-bond donors (Lipinski definition) is 2. The SMILES string of the molecule is O=C(c1n[nH]c2c1CCCC2)N1CCc2c(nc3cc(-c4ccccc4Cl)[nH]n3c2=O)C1. The maximum Gasteiger partial charge on any atom is 0.276 e. The number of halogens is 1. The molecule has 0 radical (unpaired) electrons. The summed E-state index contributed by atoms with van der Waals surface area (Å²) in [6, 6.07) is 9.27. The molecule has 0 unspecified atom stereocenters. The molecule has 4 aromatic rings. The molecule has 0 spiro atoms. The second-order valence-electron chi connectivity index (χ2n) is 8.40. The van der Waals surface area contributed by atoms with Crippen LogP contribution in [-0.4, -0.2) is 42.1 Å². The number of hydrogen-bond acceptors (Lipinski definition) is 4. The zero-order chi connectivity index (χ0) is 21.8. The van der Waals surface area contributed by atoms with Crippen LogP contribution in [-0.2, 0) is 25.8 Å². The summed E-state index contributed by atoms with van der Waals surface area (Å²) in [7, 11) is 0. The van der Waals surface area contributed by atoms with Crippen molar-refractivity contribution in [2.45, 2.75) is 38.6 Å². The molecule has 4 heterocycles. The Balaban J connectivity index is 1.35.